The van der Waals surface area contributed by atoms with Crippen LogP contribution in [0.1, 0.15) is 42.4 Å². The van der Waals surface area contributed by atoms with Gasteiger partial charge in [-0.3, -0.25) is 9.69 Å². The summed E-state index contributed by atoms with van der Waals surface area (Å²) in [5.41, 5.74) is 0. The van der Waals surface area contributed by atoms with Crippen molar-refractivity contribution in [1.82, 2.24) is 4.90 Å². The normalized spacial score (nSPS) is 16.2. The van der Waals surface area contributed by atoms with E-state index < -0.39 is 6.10 Å². The van der Waals surface area contributed by atoms with Crippen LogP contribution in [0.25, 0.3) is 0 Å². The lowest BCUT2D eigenvalue weighted by Crippen LogP contribution is -2.36. The molecule has 0 spiro atoms. The van der Waals surface area contributed by atoms with Crippen molar-refractivity contribution >= 4 is 17.3 Å². The number of hydrogen-bond donors (Lipinski definition) is 1. The summed E-state index contributed by atoms with van der Waals surface area (Å²) >= 11 is 1.80. The van der Waals surface area contributed by atoms with E-state index in [1.165, 1.54) is 22.6 Å². The van der Waals surface area contributed by atoms with E-state index in [-0.39, 0.29) is 12.6 Å². The zero-order valence-electron chi connectivity index (χ0n) is 12.9. The first-order valence-electron chi connectivity index (χ1n) is 7.71. The van der Waals surface area contributed by atoms with E-state index in [1.807, 2.05) is 6.92 Å². The van der Waals surface area contributed by atoms with Crippen molar-refractivity contribution in [2.75, 3.05) is 13.2 Å². The zero-order valence-corrected chi connectivity index (χ0v) is 13.7. The summed E-state index contributed by atoms with van der Waals surface area (Å²) in [7, 11) is 0. The average Bonchev–Trinajstić information content (AvgIpc) is 3.20. The lowest BCUT2D eigenvalue weighted by molar-refractivity contribution is -0.147. The predicted molar refractivity (Wildman–Crippen MR) is 84.4 cm³/mol. The molecule has 1 atom stereocenters. The molecule has 0 bridgehead atoms. The monoisotopic (exact) mass is 311 g/mol. The maximum absolute atomic E-state index is 11.3. The molecule has 0 amide bonds. The molecule has 5 heteroatoms. The second-order valence-electron chi connectivity index (χ2n) is 5.76. The van der Waals surface area contributed by atoms with Gasteiger partial charge in [0.15, 0.2) is 0 Å². The first-order chi connectivity index (χ1) is 10.1. The lowest BCUT2D eigenvalue weighted by Gasteiger charge is -2.24. The van der Waals surface area contributed by atoms with E-state index >= 15 is 0 Å². The Labute approximate surface area is 130 Å². The van der Waals surface area contributed by atoms with Crippen molar-refractivity contribution in [3.8, 4) is 0 Å². The van der Waals surface area contributed by atoms with Crippen molar-refractivity contribution in [2.24, 2.45) is 0 Å². The third-order valence-corrected chi connectivity index (χ3v) is 4.54. The van der Waals surface area contributed by atoms with Crippen LogP contribution < -0.4 is 0 Å². The van der Waals surface area contributed by atoms with Crippen LogP contribution in [0, 0.1) is 6.92 Å². The summed E-state index contributed by atoms with van der Waals surface area (Å²) in [5, 5.41) is 10.1. The van der Waals surface area contributed by atoms with Crippen molar-refractivity contribution in [3.05, 3.63) is 21.9 Å². The number of hydrogen-bond acceptors (Lipinski definition) is 5. The molecular formula is C16H25NO3S. The average molecular weight is 311 g/mol. The molecule has 0 radical (unpaired) electrons. The van der Waals surface area contributed by atoms with Crippen LogP contribution in [0.15, 0.2) is 12.1 Å². The molecule has 0 aliphatic heterocycles. The zero-order chi connectivity index (χ0) is 15.2. The Hall–Kier alpha value is -0.910. The van der Waals surface area contributed by atoms with Gasteiger partial charge in [-0.25, -0.2) is 0 Å². The number of aliphatic hydroxyl groups is 1. The summed E-state index contributed by atoms with van der Waals surface area (Å²) in [6, 6.07) is 4.87. The molecule has 1 saturated carbocycles. The standard InChI is InChI=1S/C16H25NO3S/c1-3-4-16(19)20-11-14(18)9-17(13-6-7-13)10-15-8-5-12(2)21-15/h5,8,13-14,18H,3-4,6-7,9-11H2,1-2H3. The highest BCUT2D eigenvalue weighted by molar-refractivity contribution is 7.11. The lowest BCUT2D eigenvalue weighted by atomic mass is 10.3. The predicted octanol–water partition coefficient (Wildman–Crippen LogP) is 2.73. The molecule has 1 N–H and O–H groups in total. The summed E-state index contributed by atoms with van der Waals surface area (Å²) in [6.45, 7) is 5.60. The van der Waals surface area contributed by atoms with Gasteiger partial charge in [0, 0.05) is 35.3 Å². The molecule has 118 valence electrons. The topological polar surface area (TPSA) is 49.8 Å². The number of aliphatic hydroxyl groups excluding tert-OH is 1. The van der Waals surface area contributed by atoms with Crippen LogP contribution >= 0.6 is 11.3 Å². The van der Waals surface area contributed by atoms with Gasteiger partial charge in [0.1, 0.15) is 12.7 Å². The molecule has 1 aliphatic carbocycles. The summed E-state index contributed by atoms with van der Waals surface area (Å²) in [6.07, 6.45) is 3.00. The van der Waals surface area contributed by atoms with Gasteiger partial charge in [-0.2, -0.15) is 0 Å². The molecule has 21 heavy (non-hydrogen) atoms. The maximum atomic E-state index is 11.3. The Morgan fingerprint density at radius 2 is 2.29 bits per heavy atom. The van der Waals surface area contributed by atoms with Crippen LogP contribution in [0.3, 0.4) is 0 Å². The first-order valence-corrected chi connectivity index (χ1v) is 8.53. The van der Waals surface area contributed by atoms with E-state index in [0.717, 1.165) is 13.0 Å². The molecule has 1 heterocycles. The number of rotatable bonds is 9. The molecule has 0 saturated heterocycles. The van der Waals surface area contributed by atoms with Crippen LogP contribution in [0.5, 0.6) is 0 Å². The molecular weight excluding hydrogens is 286 g/mol. The number of aryl methyl sites for hydroxylation is 1. The quantitative estimate of drug-likeness (QED) is 0.713. The van der Waals surface area contributed by atoms with E-state index in [4.69, 9.17) is 4.74 Å². The number of esters is 1. The molecule has 1 aromatic heterocycles. The molecule has 1 aromatic rings. The molecule has 1 aliphatic rings. The van der Waals surface area contributed by atoms with Gasteiger partial charge in [-0.15, -0.1) is 11.3 Å². The minimum atomic E-state index is -0.604. The smallest absolute Gasteiger partial charge is 0.305 e. The molecule has 4 nitrogen and oxygen atoms in total. The number of carbonyl (C=O) groups excluding carboxylic acids is 1. The van der Waals surface area contributed by atoms with Gasteiger partial charge in [0.05, 0.1) is 0 Å². The molecule has 1 fully saturated rings. The van der Waals surface area contributed by atoms with Gasteiger partial charge >= 0.3 is 5.97 Å². The van der Waals surface area contributed by atoms with Gasteiger partial charge in [-0.1, -0.05) is 6.92 Å². The Balaban J connectivity index is 1.78. The highest BCUT2D eigenvalue weighted by atomic mass is 32.1. The van der Waals surface area contributed by atoms with Gasteiger partial charge in [0.2, 0.25) is 0 Å². The fourth-order valence-electron chi connectivity index (χ4n) is 2.34. The van der Waals surface area contributed by atoms with Crippen molar-refractivity contribution < 1.29 is 14.6 Å². The summed E-state index contributed by atoms with van der Waals surface area (Å²) in [4.78, 5) is 16.3. The fraction of sp³-hybridized carbons (Fsp3) is 0.688. The van der Waals surface area contributed by atoms with Crippen molar-refractivity contribution in [3.63, 3.8) is 0 Å². The highest BCUT2D eigenvalue weighted by Gasteiger charge is 2.30. The summed E-state index contributed by atoms with van der Waals surface area (Å²) < 4.78 is 5.09. The summed E-state index contributed by atoms with van der Waals surface area (Å²) in [5.74, 6) is -0.219. The molecule has 0 aromatic carbocycles. The third-order valence-electron chi connectivity index (χ3n) is 3.55. The van der Waals surface area contributed by atoms with Crippen LogP contribution in [0.4, 0.5) is 0 Å². The van der Waals surface area contributed by atoms with E-state index in [9.17, 15) is 9.90 Å². The number of thiophene rings is 1. The number of ether oxygens (including phenoxy) is 1. The van der Waals surface area contributed by atoms with E-state index in [0.29, 0.717) is 19.0 Å². The SMILES string of the molecule is CCCC(=O)OCC(O)CN(Cc1ccc(C)s1)C1CC1. The Bertz CT molecular complexity index is 456. The van der Waals surface area contributed by atoms with Crippen LogP contribution in [-0.4, -0.2) is 41.3 Å². The van der Waals surface area contributed by atoms with Crippen LogP contribution in [-0.2, 0) is 16.1 Å². The molecule has 1 unspecified atom stereocenters. The van der Waals surface area contributed by atoms with E-state index in [1.54, 1.807) is 11.3 Å². The maximum Gasteiger partial charge on any atom is 0.305 e. The second kappa shape index (κ2) is 7.92. The number of carbonyl (C=O) groups is 1. The minimum absolute atomic E-state index is 0.103. The number of nitrogens with zero attached hydrogens (tertiary/aromatic N) is 1. The Kier molecular flexibility index (Phi) is 6.21. The van der Waals surface area contributed by atoms with E-state index in [2.05, 4.69) is 24.0 Å². The van der Waals surface area contributed by atoms with Crippen molar-refractivity contribution in [2.45, 2.75) is 58.2 Å². The minimum Gasteiger partial charge on any atom is -0.463 e. The Morgan fingerprint density at radius 1 is 1.52 bits per heavy atom. The fourth-order valence-corrected chi connectivity index (χ4v) is 3.26. The van der Waals surface area contributed by atoms with Gasteiger partial charge in [0.25, 0.3) is 0 Å². The van der Waals surface area contributed by atoms with Gasteiger partial charge < -0.3 is 9.84 Å². The van der Waals surface area contributed by atoms with Crippen LogP contribution in [0.2, 0.25) is 0 Å². The largest absolute Gasteiger partial charge is 0.463 e. The Morgan fingerprint density at radius 3 is 2.86 bits per heavy atom. The highest BCUT2D eigenvalue weighted by Crippen LogP contribution is 2.29. The first kappa shape index (κ1) is 16.5. The third kappa shape index (κ3) is 5.77. The van der Waals surface area contributed by atoms with Gasteiger partial charge in [-0.05, 0) is 38.3 Å². The second-order valence-corrected chi connectivity index (χ2v) is 7.13. The molecule has 2 rings (SSSR count). The van der Waals surface area contributed by atoms with Crippen molar-refractivity contribution in [1.29, 1.82) is 0 Å².